The van der Waals surface area contributed by atoms with E-state index in [4.69, 9.17) is 4.74 Å². The summed E-state index contributed by atoms with van der Waals surface area (Å²) in [5.74, 6) is 4.69. The Labute approximate surface area is 254 Å². The summed E-state index contributed by atoms with van der Waals surface area (Å²) < 4.78 is 6.04. The van der Waals surface area contributed by atoms with Crippen LogP contribution in [0.25, 0.3) is 0 Å². The molecule has 0 radical (unpaired) electrons. The molecule has 0 heterocycles. The van der Waals surface area contributed by atoms with Crippen LogP contribution in [0.1, 0.15) is 116 Å². The zero-order chi connectivity index (χ0) is 29.4. The van der Waals surface area contributed by atoms with Crippen LogP contribution < -0.4 is 5.32 Å². The first-order chi connectivity index (χ1) is 19.5. The summed E-state index contributed by atoms with van der Waals surface area (Å²) in [5, 5.41) is 2.76. The Bertz CT molecular complexity index is 1130. The zero-order valence-corrected chi connectivity index (χ0v) is 27.0. The quantitative estimate of drug-likeness (QED) is 0.174. The van der Waals surface area contributed by atoms with Gasteiger partial charge in [0.25, 0.3) is 0 Å². The largest absolute Gasteiger partial charge is 0.458 e. The molecule has 3 saturated carbocycles. The molecule has 1 amide bonds. The van der Waals surface area contributed by atoms with E-state index in [1.54, 1.807) is 29.8 Å². The number of carbonyl (C=O) groups is 2. The van der Waals surface area contributed by atoms with Crippen LogP contribution in [0.5, 0.6) is 0 Å². The van der Waals surface area contributed by atoms with Crippen LogP contribution in [-0.4, -0.2) is 23.7 Å². The number of ether oxygens (including phenoxy) is 1. The molecule has 5 heteroatoms. The van der Waals surface area contributed by atoms with Gasteiger partial charge in [-0.25, -0.2) is 4.79 Å². The lowest BCUT2D eigenvalue weighted by molar-refractivity contribution is -0.113. The third kappa shape index (κ3) is 6.17. The molecule has 3 fully saturated rings. The van der Waals surface area contributed by atoms with E-state index in [2.05, 4.69) is 58.6 Å². The molecule has 4 nitrogen and oxygen atoms in total. The molecule has 226 valence electrons. The molecule has 5 rings (SSSR count). The summed E-state index contributed by atoms with van der Waals surface area (Å²) in [4.78, 5) is 24.5. The lowest BCUT2D eigenvalue weighted by atomic mass is 9.47. The molecule has 0 aliphatic heterocycles. The maximum atomic E-state index is 13.0. The van der Waals surface area contributed by atoms with Crippen LogP contribution in [0.15, 0.2) is 35.9 Å². The number of carbonyl (C=O) groups excluding carboxylic acids is 2. The van der Waals surface area contributed by atoms with Crippen LogP contribution in [0.3, 0.4) is 0 Å². The molecule has 0 bridgehead atoms. The normalized spacial score (nSPS) is 35.1. The third-order valence-corrected chi connectivity index (χ3v) is 12.4. The predicted octanol–water partition coefficient (Wildman–Crippen LogP) is 9.12. The van der Waals surface area contributed by atoms with Crippen molar-refractivity contribution in [1.82, 2.24) is 0 Å². The summed E-state index contributed by atoms with van der Waals surface area (Å²) in [6.45, 7) is 12.5. The molecule has 0 spiro atoms. The first-order valence-corrected chi connectivity index (χ1v) is 17.1. The molecule has 0 unspecified atom stereocenters. The van der Waals surface area contributed by atoms with Crippen LogP contribution in [0.2, 0.25) is 0 Å². The fourth-order valence-electron chi connectivity index (χ4n) is 9.86. The Balaban J connectivity index is 1.21. The molecule has 1 aromatic rings. The minimum absolute atomic E-state index is 0.0571. The van der Waals surface area contributed by atoms with E-state index in [1.165, 1.54) is 51.4 Å². The highest BCUT2D eigenvalue weighted by molar-refractivity contribution is 7.81. The van der Waals surface area contributed by atoms with Crippen molar-refractivity contribution in [3.8, 4) is 0 Å². The highest BCUT2D eigenvalue weighted by Crippen LogP contribution is 2.67. The van der Waals surface area contributed by atoms with Crippen molar-refractivity contribution in [3.05, 3.63) is 41.5 Å². The Morgan fingerprint density at radius 2 is 1.76 bits per heavy atom. The van der Waals surface area contributed by atoms with Crippen molar-refractivity contribution in [2.24, 2.45) is 46.3 Å². The van der Waals surface area contributed by atoms with E-state index in [9.17, 15) is 9.59 Å². The Morgan fingerprint density at radius 1 is 1.00 bits per heavy atom. The number of esters is 1. The van der Waals surface area contributed by atoms with Gasteiger partial charge in [-0.3, -0.25) is 4.79 Å². The molecule has 1 N–H and O–H groups in total. The van der Waals surface area contributed by atoms with Crippen molar-refractivity contribution < 1.29 is 14.3 Å². The summed E-state index contributed by atoms with van der Waals surface area (Å²) in [5.41, 5.74) is 3.50. The van der Waals surface area contributed by atoms with Crippen molar-refractivity contribution in [3.63, 3.8) is 0 Å². The van der Waals surface area contributed by atoms with Gasteiger partial charge in [0.05, 0.1) is 11.3 Å². The van der Waals surface area contributed by atoms with E-state index < -0.39 is 0 Å². The van der Waals surface area contributed by atoms with Crippen LogP contribution in [0.4, 0.5) is 5.69 Å². The first-order valence-electron chi connectivity index (χ1n) is 16.5. The number of nitrogens with one attached hydrogen (secondary N) is 1. The van der Waals surface area contributed by atoms with Crippen molar-refractivity contribution in [2.75, 3.05) is 11.1 Å². The minimum Gasteiger partial charge on any atom is -0.458 e. The Kier molecular flexibility index (Phi) is 9.33. The van der Waals surface area contributed by atoms with Crippen LogP contribution >= 0.6 is 12.6 Å². The first kappa shape index (κ1) is 30.7. The zero-order valence-electron chi connectivity index (χ0n) is 26.1. The number of benzene rings is 1. The van der Waals surface area contributed by atoms with Gasteiger partial charge in [-0.2, -0.15) is 12.6 Å². The molecule has 1 aromatic carbocycles. The van der Waals surface area contributed by atoms with Crippen molar-refractivity contribution >= 4 is 30.2 Å². The number of rotatable bonds is 9. The summed E-state index contributed by atoms with van der Waals surface area (Å²) in [6.07, 6.45) is 16.4. The number of amides is 1. The number of fused-ring (bicyclic) bond motifs is 5. The standard InChI is InChI=1S/C36H53NO3S/c1-23(2)7-6-8-24(3)30-15-16-31-29-14-11-26-21-28(17-19-35(26,4)32(29)18-20-36(30,31)5)40-34(39)25-9-12-27(13-10-25)37-33(38)22-41/h9-13,23-24,28-32,41H,6-8,14-22H2,1-5H3,(H,37,38)/t24-,28-,29+,30-,31+,32+,35-,36-/m0/s1. The van der Waals surface area contributed by atoms with Gasteiger partial charge in [0.1, 0.15) is 6.10 Å². The van der Waals surface area contributed by atoms with Gasteiger partial charge in [0.15, 0.2) is 0 Å². The molecular weight excluding hydrogens is 526 g/mol. The van der Waals surface area contributed by atoms with Gasteiger partial charge in [0.2, 0.25) is 5.91 Å². The molecule has 4 aliphatic rings. The Hall–Kier alpha value is -1.75. The second-order valence-electron chi connectivity index (χ2n) is 14.8. The van der Waals surface area contributed by atoms with E-state index in [0.717, 1.165) is 54.8 Å². The molecule has 0 saturated heterocycles. The molecule has 8 atom stereocenters. The van der Waals surface area contributed by atoms with Gasteiger partial charge in [-0.1, -0.05) is 65.5 Å². The molecule has 4 aliphatic carbocycles. The maximum Gasteiger partial charge on any atom is 0.338 e. The lowest BCUT2D eigenvalue weighted by Crippen LogP contribution is -2.51. The van der Waals surface area contributed by atoms with Crippen LogP contribution in [-0.2, 0) is 9.53 Å². The number of hydrogen-bond acceptors (Lipinski definition) is 4. The van der Waals surface area contributed by atoms with E-state index in [-0.39, 0.29) is 29.1 Å². The monoisotopic (exact) mass is 579 g/mol. The average Bonchev–Trinajstić information content (AvgIpc) is 3.30. The van der Waals surface area contributed by atoms with Crippen LogP contribution in [0, 0.1) is 46.3 Å². The number of hydrogen-bond donors (Lipinski definition) is 2. The van der Waals surface area contributed by atoms with E-state index in [0.29, 0.717) is 16.7 Å². The predicted molar refractivity (Wildman–Crippen MR) is 171 cm³/mol. The van der Waals surface area contributed by atoms with E-state index >= 15 is 0 Å². The molecule has 41 heavy (non-hydrogen) atoms. The van der Waals surface area contributed by atoms with E-state index in [1.807, 2.05) is 0 Å². The van der Waals surface area contributed by atoms with Gasteiger partial charge in [-0.05, 0) is 116 Å². The molecular formula is C36H53NO3S. The summed E-state index contributed by atoms with van der Waals surface area (Å²) >= 11 is 3.99. The lowest BCUT2D eigenvalue weighted by Gasteiger charge is -2.58. The summed E-state index contributed by atoms with van der Waals surface area (Å²) in [6, 6.07) is 6.95. The van der Waals surface area contributed by atoms with Gasteiger partial charge in [-0.15, -0.1) is 0 Å². The highest BCUT2D eigenvalue weighted by atomic mass is 32.1. The smallest absolute Gasteiger partial charge is 0.338 e. The maximum absolute atomic E-state index is 13.0. The second kappa shape index (κ2) is 12.5. The van der Waals surface area contributed by atoms with Crippen molar-refractivity contribution in [1.29, 1.82) is 0 Å². The van der Waals surface area contributed by atoms with Gasteiger partial charge < -0.3 is 10.1 Å². The third-order valence-electron chi connectivity index (χ3n) is 12.1. The average molecular weight is 580 g/mol. The number of anilines is 1. The SMILES string of the molecule is CC(C)CCC[C@H](C)[C@@H]1CC[C@@H]2[C@H]3CC=C4C[C@@H](OC(=O)c5ccc(NC(=O)CS)cc5)CC[C@]4(C)[C@@H]3CC[C@]21C. The topological polar surface area (TPSA) is 55.4 Å². The fraction of sp³-hybridized carbons (Fsp3) is 0.722. The number of allylic oxidation sites excluding steroid dienone is 1. The molecule has 0 aromatic heterocycles. The Morgan fingerprint density at radius 3 is 2.46 bits per heavy atom. The van der Waals surface area contributed by atoms with Crippen molar-refractivity contribution in [2.45, 2.75) is 111 Å². The minimum atomic E-state index is -0.270. The number of thiol groups is 1. The fourth-order valence-corrected chi connectivity index (χ4v) is 9.94. The second-order valence-corrected chi connectivity index (χ2v) is 15.2. The summed E-state index contributed by atoms with van der Waals surface area (Å²) in [7, 11) is 0. The van der Waals surface area contributed by atoms with Gasteiger partial charge in [0, 0.05) is 12.1 Å². The van der Waals surface area contributed by atoms with Gasteiger partial charge >= 0.3 is 5.97 Å². The highest BCUT2D eigenvalue weighted by Gasteiger charge is 2.59.